The van der Waals surface area contributed by atoms with E-state index in [2.05, 4.69) is 46.4 Å². The molecule has 14 heavy (non-hydrogen) atoms. The maximum Gasteiger partial charge on any atom is 0.00900 e. The van der Waals surface area contributed by atoms with Gasteiger partial charge in [0, 0.05) is 12.6 Å². The topological polar surface area (TPSA) is 3.24 Å². The predicted octanol–water partition coefficient (Wildman–Crippen LogP) is 3.40. The van der Waals surface area contributed by atoms with Crippen LogP contribution >= 0.6 is 0 Å². The van der Waals surface area contributed by atoms with Gasteiger partial charge in [-0.2, -0.15) is 0 Å². The normalized spacial score (nSPS) is 27.2. The van der Waals surface area contributed by atoms with Crippen LogP contribution in [-0.2, 0) is 0 Å². The van der Waals surface area contributed by atoms with Gasteiger partial charge < -0.3 is 4.90 Å². The Labute approximate surface area is 89.9 Å². The molecule has 1 aliphatic heterocycles. The Kier molecular flexibility index (Phi) is 3.63. The van der Waals surface area contributed by atoms with Gasteiger partial charge in [0.1, 0.15) is 0 Å². The van der Waals surface area contributed by atoms with Crippen molar-refractivity contribution in [2.45, 2.75) is 54.0 Å². The third-order valence-corrected chi connectivity index (χ3v) is 3.99. The van der Waals surface area contributed by atoms with E-state index in [0.29, 0.717) is 5.41 Å². The lowest BCUT2D eigenvalue weighted by Crippen LogP contribution is -2.36. The summed E-state index contributed by atoms with van der Waals surface area (Å²) in [7, 11) is 0. The van der Waals surface area contributed by atoms with Crippen molar-refractivity contribution in [2.24, 2.45) is 17.3 Å². The Hall–Kier alpha value is -0.0400. The van der Waals surface area contributed by atoms with Crippen molar-refractivity contribution in [1.29, 1.82) is 0 Å². The summed E-state index contributed by atoms with van der Waals surface area (Å²) in [6.45, 7) is 16.8. The zero-order valence-corrected chi connectivity index (χ0v) is 10.8. The van der Waals surface area contributed by atoms with E-state index < -0.39 is 0 Å². The molecule has 0 aromatic rings. The molecular formula is C13H27N. The Morgan fingerprint density at radius 2 is 1.71 bits per heavy atom. The summed E-state index contributed by atoms with van der Waals surface area (Å²) in [5, 5.41) is 0. The first-order valence-electron chi connectivity index (χ1n) is 6.06. The predicted molar refractivity (Wildman–Crippen MR) is 63.4 cm³/mol. The average molecular weight is 197 g/mol. The van der Waals surface area contributed by atoms with Gasteiger partial charge >= 0.3 is 0 Å². The molecule has 1 fully saturated rings. The molecule has 2 atom stereocenters. The van der Waals surface area contributed by atoms with Gasteiger partial charge in [0.05, 0.1) is 0 Å². The molecule has 1 heteroatoms. The van der Waals surface area contributed by atoms with Crippen molar-refractivity contribution in [3.63, 3.8) is 0 Å². The van der Waals surface area contributed by atoms with Crippen LogP contribution in [0.1, 0.15) is 48.0 Å². The maximum atomic E-state index is 2.67. The largest absolute Gasteiger partial charge is 0.300 e. The molecule has 0 bridgehead atoms. The minimum absolute atomic E-state index is 0.492. The summed E-state index contributed by atoms with van der Waals surface area (Å²) in [6, 6.07) is 0.752. The molecule has 0 amide bonds. The summed E-state index contributed by atoms with van der Waals surface area (Å²) in [4.78, 5) is 2.67. The highest BCUT2D eigenvalue weighted by molar-refractivity contribution is 4.86. The first kappa shape index (κ1) is 12.0. The maximum absolute atomic E-state index is 2.67. The van der Waals surface area contributed by atoms with E-state index in [1.807, 2.05) is 0 Å². The molecule has 0 N–H and O–H groups in total. The monoisotopic (exact) mass is 197 g/mol. The number of hydrogen-bond donors (Lipinski definition) is 0. The van der Waals surface area contributed by atoms with E-state index in [9.17, 15) is 0 Å². The van der Waals surface area contributed by atoms with Gasteiger partial charge in [-0.25, -0.2) is 0 Å². The van der Waals surface area contributed by atoms with Crippen LogP contribution in [0.5, 0.6) is 0 Å². The third kappa shape index (κ3) is 2.73. The molecule has 2 unspecified atom stereocenters. The van der Waals surface area contributed by atoms with E-state index in [0.717, 1.165) is 17.9 Å². The van der Waals surface area contributed by atoms with Crippen LogP contribution in [-0.4, -0.2) is 24.0 Å². The molecule has 1 rings (SSSR count). The molecule has 0 aromatic heterocycles. The number of likely N-dealkylation sites (tertiary alicyclic amines) is 1. The quantitative estimate of drug-likeness (QED) is 0.656. The third-order valence-electron chi connectivity index (χ3n) is 3.99. The molecule has 0 aliphatic carbocycles. The average Bonchev–Trinajstić information content (AvgIpc) is 2.49. The summed E-state index contributed by atoms with van der Waals surface area (Å²) < 4.78 is 0. The molecule has 84 valence electrons. The summed E-state index contributed by atoms with van der Waals surface area (Å²) in [5.41, 5.74) is 0.492. The van der Waals surface area contributed by atoms with E-state index in [1.165, 1.54) is 19.5 Å². The van der Waals surface area contributed by atoms with Crippen LogP contribution in [0.2, 0.25) is 0 Å². The van der Waals surface area contributed by atoms with E-state index >= 15 is 0 Å². The van der Waals surface area contributed by atoms with Gasteiger partial charge in [0.25, 0.3) is 0 Å². The molecule has 0 spiro atoms. The lowest BCUT2D eigenvalue weighted by molar-refractivity contribution is 0.174. The molecule has 0 aromatic carbocycles. The van der Waals surface area contributed by atoms with Crippen LogP contribution in [0.15, 0.2) is 0 Å². The van der Waals surface area contributed by atoms with E-state index in [-0.39, 0.29) is 0 Å². The zero-order chi connectivity index (χ0) is 10.9. The molecule has 1 heterocycles. The fraction of sp³-hybridized carbons (Fsp3) is 1.00. The minimum atomic E-state index is 0.492. The van der Waals surface area contributed by atoms with E-state index in [4.69, 9.17) is 0 Å². The van der Waals surface area contributed by atoms with Crippen molar-refractivity contribution in [3.8, 4) is 0 Å². The molecular weight excluding hydrogens is 170 g/mol. The smallest absolute Gasteiger partial charge is 0.00900 e. The first-order chi connectivity index (χ1) is 6.32. The number of rotatable bonds is 2. The van der Waals surface area contributed by atoms with Crippen LogP contribution in [0.25, 0.3) is 0 Å². The van der Waals surface area contributed by atoms with Crippen molar-refractivity contribution in [1.82, 2.24) is 4.90 Å². The Balaban J connectivity index is 2.49. The molecule has 0 saturated carbocycles. The van der Waals surface area contributed by atoms with Gasteiger partial charge in [0.2, 0.25) is 0 Å². The van der Waals surface area contributed by atoms with Gasteiger partial charge in [0.15, 0.2) is 0 Å². The van der Waals surface area contributed by atoms with E-state index in [1.54, 1.807) is 0 Å². The second-order valence-electron chi connectivity index (χ2n) is 6.33. The highest BCUT2D eigenvalue weighted by atomic mass is 15.2. The summed E-state index contributed by atoms with van der Waals surface area (Å²) in [6.07, 6.45) is 1.39. The highest BCUT2D eigenvalue weighted by Crippen LogP contribution is 2.34. The van der Waals surface area contributed by atoms with Crippen molar-refractivity contribution >= 4 is 0 Å². The molecule has 1 nitrogen and oxygen atoms in total. The van der Waals surface area contributed by atoms with Crippen molar-refractivity contribution in [2.75, 3.05) is 13.1 Å². The first-order valence-corrected chi connectivity index (χ1v) is 6.06. The number of hydrogen-bond acceptors (Lipinski definition) is 1. The second-order valence-corrected chi connectivity index (χ2v) is 6.33. The van der Waals surface area contributed by atoms with Crippen LogP contribution in [0.4, 0.5) is 0 Å². The van der Waals surface area contributed by atoms with Crippen LogP contribution in [0, 0.1) is 17.3 Å². The number of nitrogens with zero attached hydrogens (tertiary/aromatic N) is 1. The lowest BCUT2D eigenvalue weighted by atomic mass is 9.80. The highest BCUT2D eigenvalue weighted by Gasteiger charge is 2.33. The Morgan fingerprint density at radius 3 is 2.07 bits per heavy atom. The fourth-order valence-corrected chi connectivity index (χ4v) is 2.29. The second kappa shape index (κ2) is 4.22. The Bertz CT molecular complexity index is 178. The minimum Gasteiger partial charge on any atom is -0.300 e. The van der Waals surface area contributed by atoms with Gasteiger partial charge in [-0.1, -0.05) is 34.6 Å². The summed E-state index contributed by atoms with van der Waals surface area (Å²) in [5.74, 6) is 1.68. The standard InChI is InChI=1S/C13H27N/c1-10(2)11(3)14-8-7-12(9-14)13(4,5)6/h10-12H,7-9H2,1-6H3. The van der Waals surface area contributed by atoms with Crippen LogP contribution in [0.3, 0.4) is 0 Å². The Morgan fingerprint density at radius 1 is 1.14 bits per heavy atom. The van der Waals surface area contributed by atoms with Gasteiger partial charge in [-0.3, -0.25) is 0 Å². The van der Waals surface area contributed by atoms with Gasteiger partial charge in [-0.05, 0) is 37.1 Å². The summed E-state index contributed by atoms with van der Waals surface area (Å²) >= 11 is 0. The molecule has 0 radical (unpaired) electrons. The molecule has 1 aliphatic rings. The van der Waals surface area contributed by atoms with Crippen LogP contribution < -0.4 is 0 Å². The van der Waals surface area contributed by atoms with Gasteiger partial charge in [-0.15, -0.1) is 0 Å². The lowest BCUT2D eigenvalue weighted by Gasteiger charge is -2.30. The van der Waals surface area contributed by atoms with Crippen molar-refractivity contribution in [3.05, 3.63) is 0 Å². The molecule has 1 saturated heterocycles. The van der Waals surface area contributed by atoms with Crippen molar-refractivity contribution < 1.29 is 0 Å². The zero-order valence-electron chi connectivity index (χ0n) is 10.8. The SMILES string of the molecule is CC(C)C(C)N1CCC(C(C)(C)C)C1. The fourth-order valence-electron chi connectivity index (χ4n) is 2.29.